The summed E-state index contributed by atoms with van der Waals surface area (Å²) in [7, 11) is 2.07. The predicted molar refractivity (Wildman–Crippen MR) is 110 cm³/mol. The SMILES string of the molecule is Cc1c[n+]([C@H]2CC[C@@H](C(C(N)=O)(c3ccccc3)c3ccccc3)C2)cn1C. The summed E-state index contributed by atoms with van der Waals surface area (Å²) in [6, 6.07) is 20.5. The van der Waals surface area contributed by atoms with E-state index in [0.29, 0.717) is 6.04 Å². The Bertz CT molecular complexity index is 903. The Hall–Kier alpha value is -2.88. The van der Waals surface area contributed by atoms with Crippen molar-refractivity contribution >= 4 is 5.91 Å². The van der Waals surface area contributed by atoms with Crippen LogP contribution in [0.15, 0.2) is 73.2 Å². The van der Waals surface area contributed by atoms with Crippen molar-refractivity contribution in [2.45, 2.75) is 37.6 Å². The van der Waals surface area contributed by atoms with Gasteiger partial charge in [-0.25, -0.2) is 9.13 Å². The Morgan fingerprint density at radius 2 is 1.61 bits per heavy atom. The summed E-state index contributed by atoms with van der Waals surface area (Å²) >= 11 is 0. The fraction of sp³-hybridized carbons (Fsp3) is 0.333. The first-order valence-electron chi connectivity index (χ1n) is 9.98. The van der Waals surface area contributed by atoms with Crippen molar-refractivity contribution < 1.29 is 9.36 Å². The van der Waals surface area contributed by atoms with Crippen LogP contribution in [-0.4, -0.2) is 10.5 Å². The number of rotatable bonds is 5. The molecule has 1 heterocycles. The molecule has 2 aromatic carbocycles. The molecule has 1 saturated carbocycles. The van der Waals surface area contributed by atoms with E-state index >= 15 is 0 Å². The van der Waals surface area contributed by atoms with Crippen LogP contribution >= 0.6 is 0 Å². The van der Waals surface area contributed by atoms with Crippen molar-refractivity contribution in [3.8, 4) is 0 Å². The molecule has 4 heteroatoms. The number of aryl methyl sites for hydroxylation is 2. The van der Waals surface area contributed by atoms with Crippen molar-refractivity contribution in [3.63, 3.8) is 0 Å². The quantitative estimate of drug-likeness (QED) is 0.684. The molecular weight excluding hydrogens is 346 g/mol. The van der Waals surface area contributed by atoms with Gasteiger partial charge in [-0.05, 0) is 36.3 Å². The van der Waals surface area contributed by atoms with E-state index in [1.54, 1.807) is 0 Å². The lowest BCUT2D eigenvalue weighted by Crippen LogP contribution is -2.48. The predicted octanol–water partition coefficient (Wildman–Crippen LogP) is 3.43. The summed E-state index contributed by atoms with van der Waals surface area (Å²) in [5.41, 5.74) is 8.59. The molecule has 0 aliphatic heterocycles. The summed E-state index contributed by atoms with van der Waals surface area (Å²) in [6.07, 6.45) is 7.30. The van der Waals surface area contributed by atoms with Crippen molar-refractivity contribution in [2.75, 3.05) is 0 Å². The van der Waals surface area contributed by atoms with Gasteiger partial charge in [0.05, 0.1) is 7.05 Å². The maximum absolute atomic E-state index is 13.1. The van der Waals surface area contributed by atoms with E-state index in [2.05, 4.69) is 35.6 Å². The van der Waals surface area contributed by atoms with Crippen LogP contribution in [0.2, 0.25) is 0 Å². The number of benzene rings is 2. The van der Waals surface area contributed by atoms with Crippen LogP contribution in [-0.2, 0) is 17.3 Å². The second kappa shape index (κ2) is 7.27. The average molecular weight is 375 g/mol. The van der Waals surface area contributed by atoms with Crippen LogP contribution < -0.4 is 10.3 Å². The Balaban J connectivity index is 1.79. The molecule has 1 amide bonds. The molecule has 4 nitrogen and oxygen atoms in total. The number of carbonyl (C=O) groups excluding carboxylic acids is 1. The summed E-state index contributed by atoms with van der Waals surface area (Å²) in [5, 5.41) is 0. The Labute approximate surface area is 166 Å². The summed E-state index contributed by atoms with van der Waals surface area (Å²) in [5.74, 6) is -0.0994. The number of aromatic nitrogens is 2. The largest absolute Gasteiger partial charge is 0.369 e. The third-order valence-corrected chi connectivity index (χ3v) is 6.48. The fourth-order valence-corrected chi connectivity index (χ4v) is 4.98. The van der Waals surface area contributed by atoms with E-state index < -0.39 is 5.41 Å². The van der Waals surface area contributed by atoms with Crippen molar-refractivity contribution in [1.82, 2.24) is 4.57 Å². The monoisotopic (exact) mass is 374 g/mol. The molecule has 0 spiro atoms. The maximum atomic E-state index is 13.1. The third-order valence-electron chi connectivity index (χ3n) is 6.48. The minimum atomic E-state index is -0.804. The highest BCUT2D eigenvalue weighted by atomic mass is 16.1. The molecule has 2 atom stereocenters. The van der Waals surface area contributed by atoms with Gasteiger partial charge in [0.2, 0.25) is 12.2 Å². The Morgan fingerprint density at radius 1 is 1.04 bits per heavy atom. The van der Waals surface area contributed by atoms with E-state index in [9.17, 15) is 4.79 Å². The van der Waals surface area contributed by atoms with Gasteiger partial charge < -0.3 is 5.73 Å². The minimum absolute atomic E-state index is 0.160. The highest BCUT2D eigenvalue weighted by molar-refractivity contribution is 5.91. The number of imidazole rings is 1. The van der Waals surface area contributed by atoms with Gasteiger partial charge in [0.25, 0.3) is 0 Å². The smallest absolute Gasteiger partial charge is 0.243 e. The zero-order valence-corrected chi connectivity index (χ0v) is 16.6. The van der Waals surface area contributed by atoms with E-state index in [1.807, 2.05) is 60.7 Å². The van der Waals surface area contributed by atoms with Crippen LogP contribution in [0.25, 0.3) is 0 Å². The van der Waals surface area contributed by atoms with Crippen LogP contribution in [0.1, 0.15) is 42.1 Å². The summed E-state index contributed by atoms with van der Waals surface area (Å²) < 4.78 is 4.44. The average Bonchev–Trinajstić information content (AvgIpc) is 3.31. The number of amides is 1. The highest BCUT2D eigenvalue weighted by Gasteiger charge is 2.50. The molecule has 144 valence electrons. The molecule has 0 radical (unpaired) electrons. The first kappa shape index (κ1) is 18.5. The third kappa shape index (κ3) is 2.93. The van der Waals surface area contributed by atoms with Gasteiger partial charge in [0.1, 0.15) is 23.3 Å². The molecule has 2 N–H and O–H groups in total. The van der Waals surface area contributed by atoms with Gasteiger partial charge in [-0.1, -0.05) is 60.7 Å². The van der Waals surface area contributed by atoms with Crippen molar-refractivity contribution in [1.29, 1.82) is 0 Å². The van der Waals surface area contributed by atoms with Gasteiger partial charge >= 0.3 is 0 Å². The lowest BCUT2D eigenvalue weighted by atomic mass is 9.64. The highest BCUT2D eigenvalue weighted by Crippen LogP contribution is 2.48. The van der Waals surface area contributed by atoms with Crippen molar-refractivity contribution in [3.05, 3.63) is 90.0 Å². The second-order valence-corrected chi connectivity index (χ2v) is 8.01. The van der Waals surface area contributed by atoms with Crippen LogP contribution in [0.3, 0.4) is 0 Å². The van der Waals surface area contributed by atoms with E-state index in [0.717, 1.165) is 30.4 Å². The number of nitrogens with zero attached hydrogens (tertiary/aromatic N) is 2. The van der Waals surface area contributed by atoms with Crippen LogP contribution in [0.5, 0.6) is 0 Å². The lowest BCUT2D eigenvalue weighted by molar-refractivity contribution is -0.721. The summed E-state index contributed by atoms with van der Waals surface area (Å²) in [6.45, 7) is 2.12. The molecular formula is C24H28N3O+. The van der Waals surface area contributed by atoms with E-state index in [-0.39, 0.29) is 11.8 Å². The normalized spacial score (nSPS) is 19.6. The molecule has 3 aromatic rings. The first-order chi connectivity index (χ1) is 13.5. The van der Waals surface area contributed by atoms with Gasteiger partial charge in [-0.2, -0.15) is 0 Å². The fourth-order valence-electron chi connectivity index (χ4n) is 4.98. The first-order valence-corrected chi connectivity index (χ1v) is 9.98. The van der Waals surface area contributed by atoms with Crippen LogP contribution in [0, 0.1) is 12.8 Å². The molecule has 1 aliphatic rings. The molecule has 28 heavy (non-hydrogen) atoms. The van der Waals surface area contributed by atoms with E-state index in [4.69, 9.17) is 5.73 Å². The number of hydrogen-bond acceptors (Lipinski definition) is 1. The lowest BCUT2D eigenvalue weighted by Gasteiger charge is -2.37. The molecule has 1 aliphatic carbocycles. The molecule has 4 rings (SSSR count). The Morgan fingerprint density at radius 3 is 2.07 bits per heavy atom. The zero-order chi connectivity index (χ0) is 19.7. The zero-order valence-electron chi connectivity index (χ0n) is 16.6. The van der Waals surface area contributed by atoms with E-state index in [1.165, 1.54) is 5.69 Å². The standard InChI is InChI=1S/C24H27N3O/c1-18-16-27(17-26(18)2)22-14-13-21(15-22)24(23(25)28,19-9-5-3-6-10-19)20-11-7-4-8-12-20/h3-12,16-17,21-22H,13-15H2,1-2H3,(H-,25,28)/p+1/t21-,22+/m1/s1. The molecule has 1 aromatic heterocycles. The minimum Gasteiger partial charge on any atom is -0.369 e. The number of hydrogen-bond donors (Lipinski definition) is 1. The molecule has 0 unspecified atom stereocenters. The number of nitrogens with two attached hydrogens (primary N) is 1. The van der Waals surface area contributed by atoms with Gasteiger partial charge in [-0.15, -0.1) is 0 Å². The summed E-state index contributed by atoms with van der Waals surface area (Å²) in [4.78, 5) is 13.1. The topological polar surface area (TPSA) is 51.9 Å². The number of carbonyl (C=O) groups is 1. The number of primary amides is 1. The molecule has 0 saturated heterocycles. The van der Waals surface area contributed by atoms with Crippen LogP contribution in [0.4, 0.5) is 0 Å². The van der Waals surface area contributed by atoms with Crippen molar-refractivity contribution in [2.24, 2.45) is 18.7 Å². The van der Waals surface area contributed by atoms with Gasteiger partial charge in [0, 0.05) is 6.92 Å². The maximum Gasteiger partial charge on any atom is 0.243 e. The van der Waals surface area contributed by atoms with Gasteiger partial charge in [0.15, 0.2) is 0 Å². The Kier molecular flexibility index (Phi) is 4.80. The second-order valence-electron chi connectivity index (χ2n) is 8.01. The molecule has 1 fully saturated rings. The van der Waals surface area contributed by atoms with Gasteiger partial charge in [-0.3, -0.25) is 4.79 Å². The molecule has 0 bridgehead atoms.